The van der Waals surface area contributed by atoms with Gasteiger partial charge in [0.25, 0.3) is 0 Å². The molecule has 4 nitrogen and oxygen atoms in total. The predicted molar refractivity (Wildman–Crippen MR) is 77.8 cm³/mol. The van der Waals surface area contributed by atoms with E-state index in [2.05, 4.69) is 10.3 Å². The van der Waals surface area contributed by atoms with Crippen LogP contribution in [-0.4, -0.2) is 17.0 Å². The molecule has 0 saturated carbocycles. The number of carbonyl (C=O) groups excluding carboxylic acids is 1. The van der Waals surface area contributed by atoms with Crippen LogP contribution in [0.25, 0.3) is 11.1 Å². The van der Waals surface area contributed by atoms with E-state index in [4.69, 9.17) is 4.74 Å². The van der Waals surface area contributed by atoms with Crippen LogP contribution in [0.2, 0.25) is 0 Å². The van der Waals surface area contributed by atoms with Crippen molar-refractivity contribution in [1.29, 1.82) is 0 Å². The van der Waals surface area contributed by atoms with Crippen LogP contribution in [0.5, 0.6) is 5.75 Å². The SMILES string of the molecule is CC(C)Oc1cncc(-c2cccc3c2CC(=O)N3)c1. The average molecular weight is 268 g/mol. The van der Waals surface area contributed by atoms with Gasteiger partial charge in [-0.15, -0.1) is 0 Å². The van der Waals surface area contributed by atoms with Crippen LogP contribution in [0.4, 0.5) is 5.69 Å². The largest absolute Gasteiger partial charge is 0.489 e. The molecule has 2 aromatic rings. The minimum atomic E-state index is 0.0370. The third kappa shape index (κ3) is 2.37. The highest BCUT2D eigenvalue weighted by atomic mass is 16.5. The summed E-state index contributed by atoms with van der Waals surface area (Å²) in [6, 6.07) is 7.84. The van der Waals surface area contributed by atoms with Crippen molar-refractivity contribution in [3.63, 3.8) is 0 Å². The maximum Gasteiger partial charge on any atom is 0.228 e. The monoisotopic (exact) mass is 268 g/mol. The molecule has 4 heteroatoms. The third-order valence-corrected chi connectivity index (χ3v) is 3.18. The molecule has 1 aromatic heterocycles. The molecule has 3 rings (SSSR count). The molecular weight excluding hydrogens is 252 g/mol. The summed E-state index contributed by atoms with van der Waals surface area (Å²) in [6.07, 6.45) is 4.03. The lowest BCUT2D eigenvalue weighted by Crippen LogP contribution is -2.05. The van der Waals surface area contributed by atoms with E-state index >= 15 is 0 Å². The van der Waals surface area contributed by atoms with Crippen molar-refractivity contribution in [1.82, 2.24) is 4.98 Å². The molecule has 1 aromatic carbocycles. The summed E-state index contributed by atoms with van der Waals surface area (Å²) in [5.41, 5.74) is 3.92. The lowest BCUT2D eigenvalue weighted by Gasteiger charge is -2.12. The number of hydrogen-bond acceptors (Lipinski definition) is 3. The van der Waals surface area contributed by atoms with Gasteiger partial charge in [0.1, 0.15) is 5.75 Å². The summed E-state index contributed by atoms with van der Waals surface area (Å²) in [7, 11) is 0. The van der Waals surface area contributed by atoms with E-state index in [1.54, 1.807) is 12.4 Å². The number of ether oxygens (including phenoxy) is 1. The highest BCUT2D eigenvalue weighted by molar-refractivity contribution is 6.01. The minimum Gasteiger partial charge on any atom is -0.489 e. The highest BCUT2D eigenvalue weighted by Gasteiger charge is 2.21. The van der Waals surface area contributed by atoms with Crippen molar-refractivity contribution in [2.75, 3.05) is 5.32 Å². The second-order valence-electron chi connectivity index (χ2n) is 5.13. The van der Waals surface area contributed by atoms with E-state index in [1.807, 2.05) is 38.1 Å². The Labute approximate surface area is 117 Å². The molecule has 1 aliphatic rings. The Balaban J connectivity index is 2.02. The summed E-state index contributed by atoms with van der Waals surface area (Å²) in [4.78, 5) is 15.8. The van der Waals surface area contributed by atoms with Crippen molar-refractivity contribution in [3.05, 3.63) is 42.2 Å². The van der Waals surface area contributed by atoms with Gasteiger partial charge in [-0.05, 0) is 37.1 Å². The number of rotatable bonds is 3. The number of hydrogen-bond donors (Lipinski definition) is 1. The number of carbonyl (C=O) groups is 1. The Hall–Kier alpha value is -2.36. The van der Waals surface area contributed by atoms with Crippen LogP contribution in [0.15, 0.2) is 36.7 Å². The number of fused-ring (bicyclic) bond motifs is 1. The minimum absolute atomic E-state index is 0.0370. The average Bonchev–Trinajstić information content (AvgIpc) is 2.78. The molecule has 0 spiro atoms. The van der Waals surface area contributed by atoms with Crippen LogP contribution in [0, 0.1) is 0 Å². The fraction of sp³-hybridized carbons (Fsp3) is 0.250. The van der Waals surface area contributed by atoms with Gasteiger partial charge in [-0.25, -0.2) is 0 Å². The molecule has 0 fully saturated rings. The van der Waals surface area contributed by atoms with Gasteiger partial charge in [-0.1, -0.05) is 12.1 Å². The number of aromatic nitrogens is 1. The molecule has 1 amide bonds. The standard InChI is InChI=1S/C16H16N2O2/c1-10(2)20-12-6-11(8-17-9-12)13-4-3-5-15-14(13)7-16(19)18-15/h3-6,8-10H,7H2,1-2H3,(H,18,19). The predicted octanol–water partition coefficient (Wildman–Crippen LogP) is 3.03. The Morgan fingerprint density at radius 1 is 1.30 bits per heavy atom. The summed E-state index contributed by atoms with van der Waals surface area (Å²) in [6.45, 7) is 3.96. The zero-order valence-corrected chi connectivity index (χ0v) is 11.5. The number of anilines is 1. The molecule has 0 atom stereocenters. The van der Waals surface area contributed by atoms with Crippen LogP contribution in [0.1, 0.15) is 19.4 Å². The van der Waals surface area contributed by atoms with Crippen molar-refractivity contribution >= 4 is 11.6 Å². The lowest BCUT2D eigenvalue weighted by atomic mass is 9.99. The fourth-order valence-corrected chi connectivity index (χ4v) is 2.42. The van der Waals surface area contributed by atoms with Gasteiger partial charge in [0, 0.05) is 17.4 Å². The molecule has 0 radical (unpaired) electrons. The van der Waals surface area contributed by atoms with Crippen LogP contribution in [0.3, 0.4) is 0 Å². The Bertz CT molecular complexity index is 665. The van der Waals surface area contributed by atoms with E-state index in [-0.39, 0.29) is 12.0 Å². The van der Waals surface area contributed by atoms with Gasteiger partial charge < -0.3 is 10.1 Å². The van der Waals surface area contributed by atoms with Gasteiger partial charge in [0.15, 0.2) is 0 Å². The van der Waals surface area contributed by atoms with E-state index in [0.29, 0.717) is 6.42 Å². The molecule has 0 bridgehead atoms. The zero-order valence-electron chi connectivity index (χ0n) is 11.5. The van der Waals surface area contributed by atoms with E-state index < -0.39 is 0 Å². The van der Waals surface area contributed by atoms with Gasteiger partial charge in [-0.3, -0.25) is 9.78 Å². The first kappa shape index (κ1) is 12.7. The van der Waals surface area contributed by atoms with Crippen molar-refractivity contribution in [2.24, 2.45) is 0 Å². The number of benzene rings is 1. The number of nitrogens with zero attached hydrogens (tertiary/aromatic N) is 1. The van der Waals surface area contributed by atoms with Gasteiger partial charge in [0.05, 0.1) is 18.7 Å². The smallest absolute Gasteiger partial charge is 0.228 e. The Kier molecular flexibility index (Phi) is 3.14. The molecule has 20 heavy (non-hydrogen) atoms. The first-order chi connectivity index (χ1) is 9.63. The van der Waals surface area contributed by atoms with Crippen LogP contribution in [-0.2, 0) is 11.2 Å². The quantitative estimate of drug-likeness (QED) is 0.930. The first-order valence-corrected chi connectivity index (χ1v) is 6.67. The molecule has 1 N–H and O–H groups in total. The van der Waals surface area contributed by atoms with Crippen molar-refractivity contribution in [2.45, 2.75) is 26.4 Å². The fourth-order valence-electron chi connectivity index (χ4n) is 2.42. The topological polar surface area (TPSA) is 51.2 Å². The number of pyridine rings is 1. The van der Waals surface area contributed by atoms with Crippen molar-refractivity contribution < 1.29 is 9.53 Å². The first-order valence-electron chi connectivity index (χ1n) is 6.67. The third-order valence-electron chi connectivity index (χ3n) is 3.18. The summed E-state index contributed by atoms with van der Waals surface area (Å²) < 4.78 is 5.67. The maximum atomic E-state index is 11.5. The molecular formula is C16H16N2O2. The van der Waals surface area contributed by atoms with E-state index in [9.17, 15) is 4.79 Å². The van der Waals surface area contributed by atoms with Crippen LogP contribution >= 0.6 is 0 Å². The molecule has 2 heterocycles. The lowest BCUT2D eigenvalue weighted by molar-refractivity contribution is -0.115. The van der Waals surface area contributed by atoms with E-state index in [0.717, 1.165) is 28.1 Å². The second-order valence-corrected chi connectivity index (χ2v) is 5.13. The number of nitrogens with one attached hydrogen (secondary N) is 1. The van der Waals surface area contributed by atoms with Crippen LogP contribution < -0.4 is 10.1 Å². The number of amides is 1. The van der Waals surface area contributed by atoms with Crippen molar-refractivity contribution in [3.8, 4) is 16.9 Å². The van der Waals surface area contributed by atoms with Gasteiger partial charge >= 0.3 is 0 Å². The Morgan fingerprint density at radius 3 is 2.95 bits per heavy atom. The maximum absolute atomic E-state index is 11.5. The summed E-state index contributed by atoms with van der Waals surface area (Å²) in [5, 5.41) is 2.86. The molecule has 1 aliphatic heterocycles. The second kappa shape index (κ2) is 4.96. The normalized spacial score (nSPS) is 13.2. The van der Waals surface area contributed by atoms with Gasteiger partial charge in [-0.2, -0.15) is 0 Å². The molecule has 0 saturated heterocycles. The highest BCUT2D eigenvalue weighted by Crippen LogP contribution is 2.34. The summed E-state index contributed by atoms with van der Waals surface area (Å²) in [5.74, 6) is 0.780. The molecule has 102 valence electrons. The zero-order chi connectivity index (χ0) is 14.1. The van der Waals surface area contributed by atoms with Gasteiger partial charge in [0.2, 0.25) is 5.91 Å². The molecule has 0 aliphatic carbocycles. The summed E-state index contributed by atoms with van der Waals surface area (Å²) >= 11 is 0. The molecule has 0 unspecified atom stereocenters. The van der Waals surface area contributed by atoms with E-state index in [1.165, 1.54) is 0 Å². The Morgan fingerprint density at radius 2 is 2.15 bits per heavy atom.